The number of halogens is 3. The van der Waals surface area contributed by atoms with Crippen molar-refractivity contribution in [1.29, 1.82) is 0 Å². The van der Waals surface area contributed by atoms with Crippen molar-refractivity contribution < 1.29 is 22.7 Å². The van der Waals surface area contributed by atoms with Gasteiger partial charge in [-0.1, -0.05) is 38.1 Å². The van der Waals surface area contributed by atoms with Gasteiger partial charge in [0.1, 0.15) is 5.56 Å². The lowest BCUT2D eigenvalue weighted by atomic mass is 10.1. The summed E-state index contributed by atoms with van der Waals surface area (Å²) >= 11 is 0. The van der Waals surface area contributed by atoms with Gasteiger partial charge in [-0.15, -0.1) is 0 Å². The fourth-order valence-electron chi connectivity index (χ4n) is 2.57. The zero-order valence-corrected chi connectivity index (χ0v) is 15.9. The zero-order chi connectivity index (χ0) is 20.6. The Morgan fingerprint density at radius 3 is 2.36 bits per heavy atom. The van der Waals surface area contributed by atoms with Crippen LogP contribution in [-0.4, -0.2) is 41.7 Å². The third-order valence-corrected chi connectivity index (χ3v) is 4.16. The smallest absolute Gasteiger partial charge is 0.422 e. The van der Waals surface area contributed by atoms with Gasteiger partial charge in [-0.25, -0.2) is 4.98 Å². The van der Waals surface area contributed by atoms with Crippen molar-refractivity contribution in [2.45, 2.75) is 33.1 Å². The van der Waals surface area contributed by atoms with Crippen molar-refractivity contribution in [2.24, 2.45) is 0 Å². The van der Waals surface area contributed by atoms with E-state index in [4.69, 9.17) is 0 Å². The average molecular weight is 395 g/mol. The number of benzene rings is 1. The highest BCUT2D eigenvalue weighted by Gasteiger charge is 2.29. The summed E-state index contributed by atoms with van der Waals surface area (Å²) in [6.45, 7) is 5.76. The van der Waals surface area contributed by atoms with Crippen LogP contribution in [0.2, 0.25) is 0 Å². The van der Waals surface area contributed by atoms with Gasteiger partial charge in [0.15, 0.2) is 6.61 Å². The van der Waals surface area contributed by atoms with Crippen LogP contribution in [0.5, 0.6) is 5.88 Å². The fourth-order valence-corrected chi connectivity index (χ4v) is 2.57. The van der Waals surface area contributed by atoms with Crippen LogP contribution in [-0.2, 0) is 13.1 Å². The van der Waals surface area contributed by atoms with E-state index in [-0.39, 0.29) is 18.0 Å². The van der Waals surface area contributed by atoms with Crippen LogP contribution in [0.3, 0.4) is 0 Å². The molecule has 2 rings (SSSR count). The molecule has 0 unspecified atom stereocenters. The Labute approximate surface area is 162 Å². The minimum atomic E-state index is -4.50. The molecule has 0 aliphatic heterocycles. The molecule has 0 spiro atoms. The molecule has 1 heterocycles. The minimum Gasteiger partial charge on any atom is -0.467 e. The first-order chi connectivity index (χ1) is 13.3. The average Bonchev–Trinajstić information content (AvgIpc) is 2.69. The van der Waals surface area contributed by atoms with E-state index >= 15 is 0 Å². The number of alkyl halides is 3. The molecule has 0 aliphatic rings. The number of amides is 1. The molecule has 8 heteroatoms. The number of carbonyl (C=O) groups excluding carboxylic acids is 1. The number of pyridine rings is 1. The van der Waals surface area contributed by atoms with Gasteiger partial charge in [0.25, 0.3) is 5.91 Å². The molecule has 0 saturated carbocycles. The molecule has 0 bridgehead atoms. The van der Waals surface area contributed by atoms with Crippen LogP contribution >= 0.6 is 0 Å². The second-order valence-electron chi connectivity index (χ2n) is 6.22. The van der Waals surface area contributed by atoms with Crippen molar-refractivity contribution in [1.82, 2.24) is 15.2 Å². The van der Waals surface area contributed by atoms with E-state index < -0.39 is 18.7 Å². The highest BCUT2D eigenvalue weighted by Crippen LogP contribution is 2.20. The van der Waals surface area contributed by atoms with Crippen molar-refractivity contribution in [2.75, 3.05) is 19.7 Å². The Bertz CT molecular complexity index is 760. The molecule has 1 aromatic heterocycles. The van der Waals surface area contributed by atoms with Crippen LogP contribution in [0.1, 0.15) is 35.3 Å². The number of hydrogen-bond acceptors (Lipinski definition) is 4. The summed E-state index contributed by atoms with van der Waals surface area (Å²) in [6, 6.07) is 10.7. The molecule has 28 heavy (non-hydrogen) atoms. The van der Waals surface area contributed by atoms with E-state index in [1.807, 2.05) is 24.3 Å². The summed E-state index contributed by atoms with van der Waals surface area (Å²) in [5.74, 6) is -0.885. The summed E-state index contributed by atoms with van der Waals surface area (Å²) in [5.41, 5.74) is 2.03. The molecule has 1 N–H and O–H groups in total. The first-order valence-electron chi connectivity index (χ1n) is 9.05. The van der Waals surface area contributed by atoms with Crippen molar-refractivity contribution in [3.8, 4) is 5.88 Å². The van der Waals surface area contributed by atoms with Crippen LogP contribution in [0.15, 0.2) is 42.6 Å². The molecule has 0 fully saturated rings. The van der Waals surface area contributed by atoms with E-state index in [0.29, 0.717) is 0 Å². The van der Waals surface area contributed by atoms with Crippen LogP contribution in [0, 0.1) is 0 Å². The van der Waals surface area contributed by atoms with Crippen LogP contribution < -0.4 is 10.1 Å². The van der Waals surface area contributed by atoms with Gasteiger partial charge in [0.2, 0.25) is 5.88 Å². The van der Waals surface area contributed by atoms with Gasteiger partial charge in [-0.05, 0) is 36.3 Å². The van der Waals surface area contributed by atoms with Crippen molar-refractivity contribution >= 4 is 5.91 Å². The number of nitrogens with zero attached hydrogens (tertiary/aromatic N) is 2. The van der Waals surface area contributed by atoms with Gasteiger partial charge in [-0.2, -0.15) is 13.2 Å². The van der Waals surface area contributed by atoms with Gasteiger partial charge < -0.3 is 10.1 Å². The second-order valence-corrected chi connectivity index (χ2v) is 6.22. The zero-order valence-electron chi connectivity index (χ0n) is 15.9. The van der Waals surface area contributed by atoms with Crippen LogP contribution in [0.25, 0.3) is 0 Å². The second kappa shape index (κ2) is 10.1. The van der Waals surface area contributed by atoms with Gasteiger partial charge in [-0.3, -0.25) is 9.69 Å². The van der Waals surface area contributed by atoms with E-state index in [1.165, 1.54) is 23.9 Å². The molecular weight excluding hydrogens is 371 g/mol. The molecule has 0 atom stereocenters. The Morgan fingerprint density at radius 1 is 1.11 bits per heavy atom. The van der Waals surface area contributed by atoms with Crippen molar-refractivity contribution in [3.05, 3.63) is 59.3 Å². The Kier molecular flexibility index (Phi) is 7.80. The molecule has 0 aliphatic carbocycles. The normalized spacial score (nSPS) is 11.5. The predicted molar refractivity (Wildman–Crippen MR) is 100 cm³/mol. The lowest BCUT2D eigenvalue weighted by Crippen LogP contribution is -2.25. The number of ether oxygens (including phenoxy) is 1. The highest BCUT2D eigenvalue weighted by atomic mass is 19.4. The quantitative estimate of drug-likeness (QED) is 0.702. The number of aromatic nitrogens is 1. The monoisotopic (exact) mass is 395 g/mol. The summed E-state index contributed by atoms with van der Waals surface area (Å²) in [7, 11) is 0. The molecule has 152 valence electrons. The highest BCUT2D eigenvalue weighted by molar-refractivity contribution is 5.96. The SMILES string of the molecule is CCN(CC)Cc1ccc(CNC(=O)c2cccnc2OCC(F)(F)F)cc1. The molecular formula is C20H24F3N3O2. The summed E-state index contributed by atoms with van der Waals surface area (Å²) in [6.07, 6.45) is -3.23. The summed E-state index contributed by atoms with van der Waals surface area (Å²) in [5, 5.41) is 2.68. The number of hydrogen-bond donors (Lipinski definition) is 1. The van der Waals surface area contributed by atoms with Crippen molar-refractivity contribution in [3.63, 3.8) is 0 Å². The standard InChI is InChI=1S/C20H24F3N3O2/c1-3-26(4-2)13-16-9-7-15(8-10-16)12-25-18(27)17-6-5-11-24-19(17)28-14-20(21,22)23/h5-11H,3-4,12-14H2,1-2H3,(H,25,27). The lowest BCUT2D eigenvalue weighted by molar-refractivity contribution is -0.154. The molecule has 2 aromatic rings. The number of nitrogens with one attached hydrogen (secondary N) is 1. The Hall–Kier alpha value is -2.61. The van der Waals surface area contributed by atoms with Gasteiger partial charge in [0.05, 0.1) is 0 Å². The predicted octanol–water partition coefficient (Wildman–Crippen LogP) is 3.79. The fraction of sp³-hybridized carbons (Fsp3) is 0.400. The Balaban J connectivity index is 1.95. The molecule has 1 amide bonds. The first-order valence-corrected chi connectivity index (χ1v) is 9.05. The maximum absolute atomic E-state index is 12.3. The number of rotatable bonds is 9. The topological polar surface area (TPSA) is 54.5 Å². The van der Waals surface area contributed by atoms with E-state index in [2.05, 4.69) is 33.8 Å². The van der Waals surface area contributed by atoms with E-state index in [1.54, 1.807) is 0 Å². The molecule has 0 saturated heterocycles. The van der Waals surface area contributed by atoms with E-state index in [9.17, 15) is 18.0 Å². The maximum Gasteiger partial charge on any atom is 0.422 e. The van der Waals surface area contributed by atoms with E-state index in [0.717, 1.165) is 25.2 Å². The third-order valence-electron chi connectivity index (χ3n) is 4.16. The molecule has 5 nitrogen and oxygen atoms in total. The summed E-state index contributed by atoms with van der Waals surface area (Å²) in [4.78, 5) is 18.4. The maximum atomic E-state index is 12.3. The number of carbonyl (C=O) groups is 1. The third kappa shape index (κ3) is 6.84. The van der Waals surface area contributed by atoms with Gasteiger partial charge in [0, 0.05) is 19.3 Å². The minimum absolute atomic E-state index is 0.0371. The summed E-state index contributed by atoms with van der Waals surface area (Å²) < 4.78 is 41.7. The van der Waals surface area contributed by atoms with Gasteiger partial charge >= 0.3 is 6.18 Å². The molecule has 0 radical (unpaired) electrons. The Morgan fingerprint density at radius 2 is 1.75 bits per heavy atom. The lowest BCUT2D eigenvalue weighted by Gasteiger charge is -2.18. The molecule has 1 aromatic carbocycles. The van der Waals surface area contributed by atoms with Crippen LogP contribution in [0.4, 0.5) is 13.2 Å². The largest absolute Gasteiger partial charge is 0.467 e. The first kappa shape index (κ1) is 21.7.